The van der Waals surface area contributed by atoms with Crippen LogP contribution in [0.2, 0.25) is 0 Å². The van der Waals surface area contributed by atoms with E-state index in [4.69, 9.17) is 19.9 Å². The highest BCUT2D eigenvalue weighted by Crippen LogP contribution is 2.29. The van der Waals surface area contributed by atoms with Crippen molar-refractivity contribution >= 4 is 6.09 Å². The lowest BCUT2D eigenvalue weighted by molar-refractivity contribution is -0.117. The number of carbonyl (C=O) groups is 1. The number of aryl methyl sites for hydroxylation is 1. The summed E-state index contributed by atoms with van der Waals surface area (Å²) in [5.74, 6) is 0. The topological polar surface area (TPSA) is 70.8 Å². The Hall–Kier alpha value is -1.59. The Morgan fingerprint density at radius 2 is 2.05 bits per heavy atom. The molecule has 21 heavy (non-hydrogen) atoms. The van der Waals surface area contributed by atoms with Gasteiger partial charge in [-0.05, 0) is 30.9 Å². The molecule has 5 nitrogen and oxygen atoms in total. The van der Waals surface area contributed by atoms with Gasteiger partial charge in [-0.25, -0.2) is 4.79 Å². The second-order valence-corrected chi connectivity index (χ2v) is 4.97. The van der Waals surface area contributed by atoms with Crippen LogP contribution in [0.1, 0.15) is 43.4 Å². The van der Waals surface area contributed by atoms with Gasteiger partial charge in [-0.15, -0.1) is 0 Å². The van der Waals surface area contributed by atoms with E-state index in [0.717, 1.165) is 24.0 Å². The number of carbonyl (C=O) groups excluding carboxylic acids is 1. The fourth-order valence-electron chi connectivity index (χ4n) is 2.27. The lowest BCUT2D eigenvalue weighted by Crippen LogP contribution is -2.31. The number of hydrogen-bond acceptors (Lipinski definition) is 4. The van der Waals surface area contributed by atoms with Crippen LogP contribution in [0.25, 0.3) is 0 Å². The molecule has 1 rings (SSSR count). The Bertz CT molecular complexity index is 436. The maximum atomic E-state index is 11.2. The average molecular weight is 295 g/mol. The number of nitrogens with two attached hydrogens (primary N) is 1. The van der Waals surface area contributed by atoms with Gasteiger partial charge in [0.1, 0.15) is 19.0 Å². The fraction of sp³-hybridized carbons (Fsp3) is 0.562. The largest absolute Gasteiger partial charge is 0.443 e. The molecule has 0 saturated carbocycles. The lowest BCUT2D eigenvalue weighted by Gasteiger charge is -2.28. The summed E-state index contributed by atoms with van der Waals surface area (Å²) in [4.78, 5) is 11.2. The zero-order valence-electron chi connectivity index (χ0n) is 13.0. The van der Waals surface area contributed by atoms with E-state index in [-0.39, 0.29) is 12.9 Å². The third-order valence-corrected chi connectivity index (χ3v) is 3.31. The van der Waals surface area contributed by atoms with Gasteiger partial charge in [0.25, 0.3) is 0 Å². The molecule has 0 aliphatic carbocycles. The van der Waals surface area contributed by atoms with Gasteiger partial charge in [-0.2, -0.15) is 0 Å². The Morgan fingerprint density at radius 1 is 1.33 bits per heavy atom. The van der Waals surface area contributed by atoms with Gasteiger partial charge in [-0.1, -0.05) is 37.6 Å². The highest BCUT2D eigenvalue weighted by molar-refractivity contribution is 5.64. The zero-order valence-corrected chi connectivity index (χ0v) is 13.0. The van der Waals surface area contributed by atoms with Crippen molar-refractivity contribution in [3.63, 3.8) is 0 Å². The number of unbranched alkanes of at least 4 members (excludes halogenated alkanes) is 1. The second kappa shape index (κ2) is 9.37. The molecule has 1 aromatic rings. The zero-order chi connectivity index (χ0) is 15.7. The van der Waals surface area contributed by atoms with E-state index in [2.05, 4.69) is 6.92 Å². The molecule has 0 aliphatic heterocycles. The summed E-state index contributed by atoms with van der Waals surface area (Å²) in [6.45, 7) is 4.21. The van der Waals surface area contributed by atoms with Crippen LogP contribution in [-0.4, -0.2) is 26.1 Å². The minimum absolute atomic E-state index is 0.129. The SMILES string of the molecule is CCCCC(OC(N)=O)C(OCOC)c1ccccc1C. The molecule has 0 bridgehead atoms. The predicted molar refractivity (Wildman–Crippen MR) is 80.9 cm³/mol. The Kier molecular flexibility index (Phi) is 7.79. The monoisotopic (exact) mass is 295 g/mol. The van der Waals surface area contributed by atoms with E-state index in [1.807, 2.05) is 31.2 Å². The Morgan fingerprint density at radius 3 is 2.62 bits per heavy atom. The van der Waals surface area contributed by atoms with E-state index in [0.29, 0.717) is 6.42 Å². The van der Waals surface area contributed by atoms with Crippen molar-refractivity contribution in [2.24, 2.45) is 5.73 Å². The fourth-order valence-corrected chi connectivity index (χ4v) is 2.27. The summed E-state index contributed by atoms with van der Waals surface area (Å²) in [6, 6.07) is 7.87. The molecular weight excluding hydrogens is 270 g/mol. The summed E-state index contributed by atoms with van der Waals surface area (Å²) in [6.07, 6.45) is 1.04. The van der Waals surface area contributed by atoms with Crippen LogP contribution in [0, 0.1) is 6.92 Å². The van der Waals surface area contributed by atoms with E-state index in [1.54, 1.807) is 7.11 Å². The highest BCUT2D eigenvalue weighted by atomic mass is 16.7. The molecule has 1 amide bonds. The van der Waals surface area contributed by atoms with E-state index in [9.17, 15) is 4.79 Å². The summed E-state index contributed by atoms with van der Waals surface area (Å²) in [5.41, 5.74) is 7.26. The molecule has 0 spiro atoms. The first-order valence-electron chi connectivity index (χ1n) is 7.22. The van der Waals surface area contributed by atoms with Crippen LogP contribution >= 0.6 is 0 Å². The van der Waals surface area contributed by atoms with Crippen molar-refractivity contribution in [1.29, 1.82) is 0 Å². The molecule has 1 aromatic carbocycles. The minimum Gasteiger partial charge on any atom is -0.443 e. The third-order valence-electron chi connectivity index (χ3n) is 3.31. The first kappa shape index (κ1) is 17.5. The molecule has 0 radical (unpaired) electrons. The third kappa shape index (κ3) is 5.73. The Labute approximate surface area is 126 Å². The summed E-state index contributed by atoms with van der Waals surface area (Å²) in [7, 11) is 1.56. The molecular formula is C16H25NO4. The minimum atomic E-state index is -0.782. The van der Waals surface area contributed by atoms with Gasteiger partial charge in [0.05, 0.1) is 0 Å². The van der Waals surface area contributed by atoms with Gasteiger partial charge in [0, 0.05) is 7.11 Å². The molecule has 0 saturated heterocycles. The first-order chi connectivity index (χ1) is 10.1. The van der Waals surface area contributed by atoms with Gasteiger partial charge < -0.3 is 19.9 Å². The Balaban J connectivity index is 3.00. The molecule has 118 valence electrons. The molecule has 5 heteroatoms. The number of ether oxygens (including phenoxy) is 3. The van der Waals surface area contributed by atoms with Crippen LogP contribution in [0.4, 0.5) is 4.79 Å². The second-order valence-electron chi connectivity index (χ2n) is 4.97. The maximum absolute atomic E-state index is 11.2. The average Bonchev–Trinajstić information content (AvgIpc) is 2.46. The van der Waals surface area contributed by atoms with Crippen molar-refractivity contribution in [3.8, 4) is 0 Å². The standard InChI is InChI=1S/C16H25NO4/c1-4-5-10-14(21-16(17)18)15(20-11-19-3)13-9-7-6-8-12(13)2/h6-9,14-15H,4-5,10-11H2,1-3H3,(H2,17,18). The van der Waals surface area contributed by atoms with Gasteiger partial charge in [-0.3, -0.25) is 0 Å². The molecule has 0 fully saturated rings. The summed E-state index contributed by atoms with van der Waals surface area (Å²) < 4.78 is 16.0. The van der Waals surface area contributed by atoms with Crippen LogP contribution in [0.3, 0.4) is 0 Å². The number of primary amides is 1. The van der Waals surface area contributed by atoms with Gasteiger partial charge in [0.2, 0.25) is 0 Å². The number of hydrogen-bond donors (Lipinski definition) is 1. The van der Waals surface area contributed by atoms with Crippen molar-refractivity contribution in [2.75, 3.05) is 13.9 Å². The van der Waals surface area contributed by atoms with Gasteiger partial charge in [0.15, 0.2) is 0 Å². The smallest absolute Gasteiger partial charge is 0.404 e. The van der Waals surface area contributed by atoms with E-state index < -0.39 is 12.2 Å². The number of methoxy groups -OCH3 is 1. The molecule has 2 N–H and O–H groups in total. The number of rotatable bonds is 9. The van der Waals surface area contributed by atoms with Crippen molar-refractivity contribution in [2.45, 2.75) is 45.3 Å². The normalized spacial score (nSPS) is 13.7. The molecule has 0 aliphatic rings. The van der Waals surface area contributed by atoms with Crippen LogP contribution in [0.5, 0.6) is 0 Å². The predicted octanol–water partition coefficient (Wildman–Crippen LogP) is 3.31. The van der Waals surface area contributed by atoms with E-state index >= 15 is 0 Å². The van der Waals surface area contributed by atoms with E-state index in [1.165, 1.54) is 0 Å². The molecule has 0 aromatic heterocycles. The van der Waals surface area contributed by atoms with Crippen LogP contribution in [-0.2, 0) is 14.2 Å². The molecule has 2 unspecified atom stereocenters. The van der Waals surface area contributed by atoms with Gasteiger partial charge >= 0.3 is 6.09 Å². The van der Waals surface area contributed by atoms with Crippen molar-refractivity contribution in [3.05, 3.63) is 35.4 Å². The lowest BCUT2D eigenvalue weighted by atomic mass is 9.96. The van der Waals surface area contributed by atoms with Crippen molar-refractivity contribution in [1.82, 2.24) is 0 Å². The number of amides is 1. The summed E-state index contributed by atoms with van der Waals surface area (Å²) >= 11 is 0. The first-order valence-corrected chi connectivity index (χ1v) is 7.22. The highest BCUT2D eigenvalue weighted by Gasteiger charge is 2.27. The number of benzene rings is 1. The van der Waals surface area contributed by atoms with Crippen molar-refractivity contribution < 1.29 is 19.0 Å². The van der Waals surface area contributed by atoms with Crippen LogP contribution < -0.4 is 5.73 Å². The maximum Gasteiger partial charge on any atom is 0.404 e. The summed E-state index contributed by atoms with van der Waals surface area (Å²) in [5, 5.41) is 0. The van der Waals surface area contributed by atoms with Crippen LogP contribution in [0.15, 0.2) is 24.3 Å². The molecule has 2 atom stereocenters. The molecule has 0 heterocycles. The quantitative estimate of drug-likeness (QED) is 0.709.